The molecular weight excluding hydrogens is 426 g/mol. The number of hydrogen-bond acceptors (Lipinski definition) is 3. The Morgan fingerprint density at radius 2 is 1.63 bits per heavy atom. The van der Waals surface area contributed by atoms with Crippen LogP contribution in [0.25, 0.3) is 0 Å². The Balaban J connectivity index is 1.57. The molecule has 3 aromatic carbocycles. The van der Waals surface area contributed by atoms with E-state index in [1.54, 1.807) is 24.3 Å². The van der Waals surface area contributed by atoms with Crippen LogP contribution in [0.3, 0.4) is 0 Å². The molecule has 0 fully saturated rings. The van der Waals surface area contributed by atoms with E-state index in [2.05, 4.69) is 10.5 Å². The maximum absolute atomic E-state index is 12.9. The second-order valence-corrected chi connectivity index (χ2v) is 7.50. The number of rotatable bonds is 7. The van der Waals surface area contributed by atoms with E-state index in [0.717, 1.165) is 5.56 Å². The van der Waals surface area contributed by atoms with Gasteiger partial charge in [-0.05, 0) is 47.9 Å². The minimum atomic E-state index is -0.350. The maximum atomic E-state index is 12.9. The summed E-state index contributed by atoms with van der Waals surface area (Å²) in [5.41, 5.74) is 5.88. The quantitative estimate of drug-likeness (QED) is 0.374. The summed E-state index contributed by atoms with van der Waals surface area (Å²) in [7, 11) is 0. The van der Waals surface area contributed by atoms with Gasteiger partial charge in [0.25, 0.3) is 0 Å². The van der Waals surface area contributed by atoms with Crippen LogP contribution in [0.2, 0.25) is 10.0 Å². The van der Waals surface area contributed by atoms with Gasteiger partial charge in [0.05, 0.1) is 22.7 Å². The summed E-state index contributed by atoms with van der Waals surface area (Å²) < 4.78 is 18.7. The first kappa shape index (κ1) is 21.8. The Labute approximate surface area is 184 Å². The molecule has 0 aromatic heterocycles. The van der Waals surface area contributed by atoms with E-state index >= 15 is 0 Å². The van der Waals surface area contributed by atoms with Gasteiger partial charge < -0.3 is 4.74 Å². The molecule has 0 aliphatic rings. The van der Waals surface area contributed by atoms with Crippen LogP contribution in [0, 0.1) is 12.7 Å². The lowest BCUT2D eigenvalue weighted by Gasteiger charge is -2.11. The standard InChI is InChI=1S/C23H19Cl2FN2O2/c1-15-2-4-17(5-3-15)14-30-23-20(24)10-18(11-21(23)25)13-27-28-22(29)12-16-6-8-19(26)9-7-16/h2-11,13H,12,14H2,1H3,(H,28,29)/b27-13+. The van der Waals surface area contributed by atoms with E-state index < -0.39 is 0 Å². The minimum Gasteiger partial charge on any atom is -0.486 e. The molecule has 0 atom stereocenters. The maximum Gasteiger partial charge on any atom is 0.244 e. The molecule has 0 bridgehead atoms. The third kappa shape index (κ3) is 6.31. The van der Waals surface area contributed by atoms with Gasteiger partial charge in [-0.25, -0.2) is 9.82 Å². The summed E-state index contributed by atoms with van der Waals surface area (Å²) in [6, 6.07) is 17.0. The molecule has 0 radical (unpaired) electrons. The van der Waals surface area contributed by atoms with E-state index in [-0.39, 0.29) is 18.1 Å². The Morgan fingerprint density at radius 1 is 1.03 bits per heavy atom. The Bertz CT molecular complexity index is 1030. The van der Waals surface area contributed by atoms with E-state index in [4.69, 9.17) is 27.9 Å². The first-order valence-electron chi connectivity index (χ1n) is 9.14. The summed E-state index contributed by atoms with van der Waals surface area (Å²) >= 11 is 12.6. The van der Waals surface area contributed by atoms with Crippen LogP contribution in [0.4, 0.5) is 4.39 Å². The molecule has 0 saturated carbocycles. The fourth-order valence-electron chi connectivity index (χ4n) is 2.64. The van der Waals surface area contributed by atoms with Crippen LogP contribution in [0.5, 0.6) is 5.75 Å². The highest BCUT2D eigenvalue weighted by molar-refractivity contribution is 6.37. The van der Waals surface area contributed by atoms with Crippen LogP contribution in [-0.4, -0.2) is 12.1 Å². The van der Waals surface area contributed by atoms with Crippen molar-refractivity contribution in [1.82, 2.24) is 5.43 Å². The summed E-state index contributed by atoms with van der Waals surface area (Å²) in [6.07, 6.45) is 1.52. The average Bonchev–Trinajstić information content (AvgIpc) is 2.70. The molecule has 7 heteroatoms. The third-order valence-corrected chi connectivity index (χ3v) is 4.77. The van der Waals surface area contributed by atoms with Crippen LogP contribution in [-0.2, 0) is 17.8 Å². The van der Waals surface area contributed by atoms with E-state index in [9.17, 15) is 9.18 Å². The number of amides is 1. The van der Waals surface area contributed by atoms with Crippen molar-refractivity contribution in [2.75, 3.05) is 0 Å². The number of hydrogen-bond donors (Lipinski definition) is 1. The number of aryl methyl sites for hydroxylation is 1. The summed E-state index contributed by atoms with van der Waals surface area (Å²) in [5.74, 6) is -0.290. The number of carbonyl (C=O) groups excluding carboxylic acids is 1. The van der Waals surface area contributed by atoms with Crippen molar-refractivity contribution in [2.45, 2.75) is 20.0 Å². The Morgan fingerprint density at radius 3 is 2.27 bits per heavy atom. The molecule has 0 aliphatic carbocycles. The number of ether oxygens (including phenoxy) is 1. The predicted octanol–water partition coefficient (Wildman–Crippen LogP) is 5.71. The van der Waals surface area contributed by atoms with Crippen molar-refractivity contribution >= 4 is 35.3 Å². The second kappa shape index (κ2) is 10.2. The van der Waals surface area contributed by atoms with Crippen molar-refractivity contribution in [3.05, 3.63) is 98.8 Å². The fourth-order valence-corrected chi connectivity index (χ4v) is 3.25. The molecule has 3 aromatic rings. The van der Waals surface area contributed by atoms with Gasteiger partial charge in [-0.1, -0.05) is 65.2 Å². The number of carbonyl (C=O) groups is 1. The van der Waals surface area contributed by atoms with Crippen LogP contribution in [0.1, 0.15) is 22.3 Å². The molecule has 1 N–H and O–H groups in total. The van der Waals surface area contributed by atoms with Gasteiger partial charge in [-0.3, -0.25) is 4.79 Å². The van der Waals surface area contributed by atoms with Crippen LogP contribution < -0.4 is 10.2 Å². The molecule has 0 unspecified atom stereocenters. The van der Waals surface area contributed by atoms with E-state index in [1.807, 2.05) is 31.2 Å². The van der Waals surface area contributed by atoms with Crippen molar-refractivity contribution in [2.24, 2.45) is 5.10 Å². The summed E-state index contributed by atoms with van der Waals surface area (Å²) in [5, 5.41) is 4.60. The van der Waals surface area contributed by atoms with Gasteiger partial charge in [0.1, 0.15) is 12.4 Å². The molecule has 0 saturated heterocycles. The number of benzene rings is 3. The van der Waals surface area contributed by atoms with Crippen molar-refractivity contribution in [3.8, 4) is 5.75 Å². The Hall–Kier alpha value is -2.89. The first-order valence-corrected chi connectivity index (χ1v) is 9.90. The predicted molar refractivity (Wildman–Crippen MR) is 118 cm³/mol. The largest absolute Gasteiger partial charge is 0.486 e. The van der Waals surface area contributed by atoms with Gasteiger partial charge >= 0.3 is 0 Å². The fraction of sp³-hybridized carbons (Fsp3) is 0.130. The summed E-state index contributed by atoms with van der Waals surface area (Å²) in [4.78, 5) is 11.9. The number of hydrazone groups is 1. The zero-order chi connectivity index (χ0) is 21.5. The van der Waals surface area contributed by atoms with Gasteiger partial charge in [-0.2, -0.15) is 5.10 Å². The van der Waals surface area contributed by atoms with Crippen molar-refractivity contribution in [1.29, 1.82) is 0 Å². The number of nitrogens with zero attached hydrogens (tertiary/aromatic N) is 1. The monoisotopic (exact) mass is 444 g/mol. The highest BCUT2D eigenvalue weighted by Crippen LogP contribution is 2.34. The van der Waals surface area contributed by atoms with Crippen LogP contribution >= 0.6 is 23.2 Å². The lowest BCUT2D eigenvalue weighted by atomic mass is 10.1. The lowest BCUT2D eigenvalue weighted by Crippen LogP contribution is -2.19. The molecule has 154 valence electrons. The zero-order valence-electron chi connectivity index (χ0n) is 16.2. The lowest BCUT2D eigenvalue weighted by molar-refractivity contribution is -0.120. The number of nitrogens with one attached hydrogen (secondary N) is 1. The van der Waals surface area contributed by atoms with E-state index in [0.29, 0.717) is 33.5 Å². The highest BCUT2D eigenvalue weighted by atomic mass is 35.5. The third-order valence-electron chi connectivity index (χ3n) is 4.21. The van der Waals surface area contributed by atoms with Gasteiger partial charge in [0.15, 0.2) is 5.75 Å². The van der Waals surface area contributed by atoms with E-state index in [1.165, 1.54) is 23.9 Å². The second-order valence-electron chi connectivity index (χ2n) is 6.68. The first-order chi connectivity index (χ1) is 14.4. The molecule has 0 spiro atoms. The van der Waals surface area contributed by atoms with Gasteiger partial charge in [-0.15, -0.1) is 0 Å². The topological polar surface area (TPSA) is 50.7 Å². The highest BCUT2D eigenvalue weighted by Gasteiger charge is 2.10. The van der Waals surface area contributed by atoms with Gasteiger partial charge in [0, 0.05) is 0 Å². The molecule has 30 heavy (non-hydrogen) atoms. The number of halogens is 3. The normalized spacial score (nSPS) is 10.9. The molecule has 1 amide bonds. The SMILES string of the molecule is Cc1ccc(COc2c(Cl)cc(/C=N/NC(=O)Cc3ccc(F)cc3)cc2Cl)cc1. The van der Waals surface area contributed by atoms with Crippen molar-refractivity contribution in [3.63, 3.8) is 0 Å². The van der Waals surface area contributed by atoms with Gasteiger partial charge in [0.2, 0.25) is 5.91 Å². The minimum absolute atomic E-state index is 0.0882. The molecular formula is C23H19Cl2FN2O2. The molecule has 0 heterocycles. The Kier molecular flexibility index (Phi) is 7.44. The summed E-state index contributed by atoms with van der Waals surface area (Å²) in [6.45, 7) is 2.36. The molecule has 0 aliphatic heterocycles. The smallest absolute Gasteiger partial charge is 0.244 e. The van der Waals surface area contributed by atoms with Crippen molar-refractivity contribution < 1.29 is 13.9 Å². The zero-order valence-corrected chi connectivity index (χ0v) is 17.7. The molecule has 4 nitrogen and oxygen atoms in total. The van der Waals surface area contributed by atoms with Crippen LogP contribution in [0.15, 0.2) is 65.8 Å². The molecule has 3 rings (SSSR count). The average molecular weight is 445 g/mol.